The number of quaternary nitrogens is 1. The number of likely N-dealkylation sites (N-methyl/N-ethyl adjacent to an activating group) is 1. The molecule has 0 fully saturated rings. The van der Waals surface area contributed by atoms with Crippen LogP contribution in [0, 0.1) is 0 Å². The lowest BCUT2D eigenvalue weighted by Crippen LogP contribution is -3.12. The molecule has 0 unspecified atom stereocenters. The van der Waals surface area contributed by atoms with E-state index in [1.165, 1.54) is 0 Å². The molecule has 0 bridgehead atoms. The van der Waals surface area contributed by atoms with Crippen molar-refractivity contribution in [2.24, 2.45) is 0 Å². The molecule has 0 aliphatic carbocycles. The first kappa shape index (κ1) is 16.5. The average Bonchev–Trinajstić information content (AvgIpc) is 2.98. The molecule has 128 valence electrons. The number of aromatic amines is 1. The van der Waals surface area contributed by atoms with E-state index in [-0.39, 0.29) is 0 Å². The van der Waals surface area contributed by atoms with Crippen molar-refractivity contribution in [2.75, 3.05) is 38.1 Å². The summed E-state index contributed by atoms with van der Waals surface area (Å²) in [6, 6.07) is 6.05. The quantitative estimate of drug-likeness (QED) is 0.590. The van der Waals surface area contributed by atoms with Crippen molar-refractivity contribution in [2.45, 2.75) is 20.8 Å². The first-order valence-corrected chi connectivity index (χ1v) is 8.73. The van der Waals surface area contributed by atoms with Crippen molar-refractivity contribution in [3.05, 3.63) is 24.5 Å². The molecule has 0 aliphatic rings. The molecular weight excluding hydrogens is 302 g/mol. The first-order chi connectivity index (χ1) is 11.8. The highest BCUT2D eigenvalue weighted by Crippen LogP contribution is 2.29. The maximum absolute atomic E-state index is 5.60. The van der Waals surface area contributed by atoms with Crippen LogP contribution in [0.4, 0.5) is 5.82 Å². The van der Waals surface area contributed by atoms with Crippen LogP contribution in [-0.2, 0) is 0 Å². The Hall–Kier alpha value is -2.34. The molecule has 3 rings (SSSR count). The van der Waals surface area contributed by atoms with Crippen molar-refractivity contribution < 1.29 is 9.64 Å². The third kappa shape index (κ3) is 3.28. The second-order valence-electron chi connectivity index (χ2n) is 5.85. The Morgan fingerprint density at radius 1 is 1.17 bits per heavy atom. The van der Waals surface area contributed by atoms with Crippen LogP contribution in [0.2, 0.25) is 0 Å². The van der Waals surface area contributed by atoms with Crippen LogP contribution in [0.1, 0.15) is 20.8 Å². The van der Waals surface area contributed by atoms with Gasteiger partial charge in [0.2, 0.25) is 0 Å². The highest BCUT2D eigenvalue weighted by Gasteiger charge is 2.12. The van der Waals surface area contributed by atoms with Crippen LogP contribution in [0.3, 0.4) is 0 Å². The van der Waals surface area contributed by atoms with Crippen molar-refractivity contribution in [1.29, 1.82) is 0 Å². The lowest BCUT2D eigenvalue weighted by molar-refractivity contribution is -0.894. The minimum absolute atomic E-state index is 0.656. The Morgan fingerprint density at radius 3 is 2.75 bits per heavy atom. The van der Waals surface area contributed by atoms with E-state index < -0.39 is 0 Å². The molecule has 6 heteroatoms. The number of fused-ring (bicyclic) bond motifs is 3. The van der Waals surface area contributed by atoms with E-state index in [2.05, 4.69) is 34.1 Å². The molecule has 0 saturated heterocycles. The third-order valence-corrected chi connectivity index (χ3v) is 4.44. The highest BCUT2D eigenvalue weighted by atomic mass is 16.5. The molecule has 3 aromatic rings. The van der Waals surface area contributed by atoms with Gasteiger partial charge in [-0.25, -0.2) is 9.97 Å². The number of rotatable bonds is 8. The SMILES string of the molecule is CCOc1ccc2[nH]c3c(NCC[NH+](CC)CC)ncnc3c2c1. The van der Waals surface area contributed by atoms with E-state index in [1.54, 1.807) is 11.2 Å². The van der Waals surface area contributed by atoms with E-state index >= 15 is 0 Å². The molecular formula is C18H26N5O+. The zero-order valence-electron chi connectivity index (χ0n) is 14.6. The van der Waals surface area contributed by atoms with Gasteiger partial charge in [-0.15, -0.1) is 0 Å². The van der Waals surface area contributed by atoms with Gasteiger partial charge in [-0.3, -0.25) is 0 Å². The molecule has 1 aromatic carbocycles. The van der Waals surface area contributed by atoms with Gasteiger partial charge in [0.05, 0.1) is 32.8 Å². The second kappa shape index (κ2) is 7.49. The van der Waals surface area contributed by atoms with Crippen molar-refractivity contribution in [3.8, 4) is 5.75 Å². The Kier molecular flexibility index (Phi) is 5.15. The van der Waals surface area contributed by atoms with Gasteiger partial charge in [0.25, 0.3) is 0 Å². The van der Waals surface area contributed by atoms with Gasteiger partial charge in [0.15, 0.2) is 5.82 Å². The van der Waals surface area contributed by atoms with Gasteiger partial charge in [-0.1, -0.05) is 0 Å². The van der Waals surface area contributed by atoms with Crippen LogP contribution in [0.5, 0.6) is 5.75 Å². The van der Waals surface area contributed by atoms with E-state index in [9.17, 15) is 0 Å². The van der Waals surface area contributed by atoms with Gasteiger partial charge in [-0.2, -0.15) is 0 Å². The fourth-order valence-corrected chi connectivity index (χ4v) is 3.02. The predicted octanol–water partition coefficient (Wildman–Crippen LogP) is 1.85. The molecule has 6 nitrogen and oxygen atoms in total. The molecule has 0 saturated carbocycles. The topological polar surface area (TPSA) is 67.3 Å². The average molecular weight is 328 g/mol. The molecule has 3 N–H and O–H groups in total. The first-order valence-electron chi connectivity index (χ1n) is 8.73. The van der Waals surface area contributed by atoms with E-state index in [0.29, 0.717) is 6.61 Å². The van der Waals surface area contributed by atoms with Gasteiger partial charge in [0.1, 0.15) is 23.1 Å². The lowest BCUT2D eigenvalue weighted by atomic mass is 10.2. The summed E-state index contributed by atoms with van der Waals surface area (Å²) in [5.74, 6) is 1.73. The molecule has 24 heavy (non-hydrogen) atoms. The summed E-state index contributed by atoms with van der Waals surface area (Å²) in [4.78, 5) is 13.9. The maximum atomic E-state index is 5.60. The predicted molar refractivity (Wildman–Crippen MR) is 98.0 cm³/mol. The van der Waals surface area contributed by atoms with Crippen molar-refractivity contribution in [3.63, 3.8) is 0 Å². The van der Waals surface area contributed by atoms with Crippen molar-refractivity contribution in [1.82, 2.24) is 15.0 Å². The molecule has 2 aromatic heterocycles. The van der Waals surface area contributed by atoms with Crippen LogP contribution >= 0.6 is 0 Å². The Morgan fingerprint density at radius 2 is 2.00 bits per heavy atom. The number of H-pyrrole nitrogens is 1. The standard InChI is InChI=1S/C18H25N5O/c1-4-23(5-2)10-9-19-18-17-16(20-12-21-18)14-11-13(24-6-3)7-8-15(14)22-17/h7-8,11-12,22H,4-6,9-10H2,1-3H3,(H,19,20,21)/p+1. The number of hydrogen-bond acceptors (Lipinski definition) is 4. The van der Waals surface area contributed by atoms with Gasteiger partial charge in [-0.05, 0) is 39.0 Å². The summed E-state index contributed by atoms with van der Waals surface area (Å²) >= 11 is 0. The summed E-state index contributed by atoms with van der Waals surface area (Å²) in [5, 5.41) is 4.52. The minimum Gasteiger partial charge on any atom is -0.494 e. The minimum atomic E-state index is 0.656. The van der Waals surface area contributed by atoms with Crippen LogP contribution in [0.15, 0.2) is 24.5 Å². The Labute approximate surface area is 142 Å². The molecule has 0 amide bonds. The molecule has 2 heterocycles. The van der Waals surface area contributed by atoms with Gasteiger partial charge in [0, 0.05) is 10.9 Å². The molecule has 0 aliphatic heterocycles. The van der Waals surface area contributed by atoms with Crippen LogP contribution in [-0.4, -0.2) is 47.7 Å². The second-order valence-corrected chi connectivity index (χ2v) is 5.85. The number of nitrogens with one attached hydrogen (secondary N) is 3. The summed E-state index contributed by atoms with van der Waals surface area (Å²) in [6.07, 6.45) is 1.62. The fraction of sp³-hybridized carbons (Fsp3) is 0.444. The molecule has 0 radical (unpaired) electrons. The zero-order valence-corrected chi connectivity index (χ0v) is 14.6. The van der Waals surface area contributed by atoms with Gasteiger partial charge < -0.3 is 19.9 Å². The molecule has 0 atom stereocenters. The third-order valence-electron chi connectivity index (χ3n) is 4.44. The largest absolute Gasteiger partial charge is 0.494 e. The number of ether oxygens (including phenoxy) is 1. The van der Waals surface area contributed by atoms with Crippen molar-refractivity contribution >= 4 is 27.8 Å². The van der Waals surface area contributed by atoms with Crippen LogP contribution < -0.4 is 15.0 Å². The Bertz CT molecular complexity index is 810. The van der Waals surface area contributed by atoms with E-state index in [0.717, 1.165) is 59.7 Å². The highest BCUT2D eigenvalue weighted by molar-refractivity contribution is 6.08. The van der Waals surface area contributed by atoms with E-state index in [1.807, 2.05) is 25.1 Å². The Balaban J connectivity index is 1.88. The lowest BCUT2D eigenvalue weighted by Gasteiger charge is -2.15. The normalized spacial score (nSPS) is 11.5. The number of benzene rings is 1. The molecule has 0 spiro atoms. The summed E-state index contributed by atoms with van der Waals surface area (Å²) in [7, 11) is 0. The smallest absolute Gasteiger partial charge is 0.154 e. The van der Waals surface area contributed by atoms with Crippen LogP contribution in [0.25, 0.3) is 21.9 Å². The number of hydrogen-bond donors (Lipinski definition) is 3. The zero-order chi connectivity index (χ0) is 16.9. The summed E-state index contributed by atoms with van der Waals surface area (Å²) < 4.78 is 5.60. The number of nitrogens with zero attached hydrogens (tertiary/aromatic N) is 2. The summed E-state index contributed by atoms with van der Waals surface area (Å²) in [6.45, 7) is 11.3. The monoisotopic (exact) mass is 328 g/mol. The number of aromatic nitrogens is 3. The maximum Gasteiger partial charge on any atom is 0.154 e. The van der Waals surface area contributed by atoms with Gasteiger partial charge >= 0.3 is 0 Å². The summed E-state index contributed by atoms with van der Waals surface area (Å²) in [5.41, 5.74) is 2.93. The fourth-order valence-electron chi connectivity index (χ4n) is 3.02. The van der Waals surface area contributed by atoms with E-state index in [4.69, 9.17) is 4.74 Å². The number of anilines is 1.